The zero-order valence-electron chi connectivity index (χ0n) is 15.5. The van der Waals surface area contributed by atoms with Gasteiger partial charge in [-0.3, -0.25) is 9.98 Å². The van der Waals surface area contributed by atoms with Crippen LogP contribution in [0.15, 0.2) is 35.6 Å². The SMILES string of the molecule is COc1cc2c(c3c1OC(C)(C)C3)C(c1ccncc1)=NC(C)(C)C2. The second-order valence-corrected chi connectivity index (χ2v) is 8.14. The maximum Gasteiger partial charge on any atom is 0.166 e. The fourth-order valence-corrected chi connectivity index (χ4v) is 3.94. The molecule has 2 aliphatic heterocycles. The molecule has 0 fully saturated rings. The summed E-state index contributed by atoms with van der Waals surface area (Å²) in [5.74, 6) is 1.69. The lowest BCUT2D eigenvalue weighted by Gasteiger charge is -2.31. The van der Waals surface area contributed by atoms with Crippen molar-refractivity contribution in [2.75, 3.05) is 7.11 Å². The normalized spacial score (nSPS) is 19.5. The van der Waals surface area contributed by atoms with Gasteiger partial charge >= 0.3 is 0 Å². The number of ether oxygens (including phenoxy) is 2. The first kappa shape index (κ1) is 16.1. The maximum absolute atomic E-state index is 6.23. The third kappa shape index (κ3) is 2.70. The third-order valence-electron chi connectivity index (χ3n) is 4.85. The van der Waals surface area contributed by atoms with Crippen molar-refractivity contribution in [1.82, 2.24) is 4.98 Å². The first-order valence-corrected chi connectivity index (χ1v) is 8.72. The number of hydrogen-bond acceptors (Lipinski definition) is 4. The van der Waals surface area contributed by atoms with E-state index in [0.29, 0.717) is 0 Å². The van der Waals surface area contributed by atoms with Crippen molar-refractivity contribution < 1.29 is 9.47 Å². The highest BCUT2D eigenvalue weighted by Gasteiger charge is 2.39. The predicted octanol–water partition coefficient (Wildman–Crippen LogP) is 3.98. The fraction of sp³-hybridized carbons (Fsp3) is 0.429. The number of aliphatic imine (C=N–C) groups is 1. The van der Waals surface area contributed by atoms with Gasteiger partial charge in [0.15, 0.2) is 11.5 Å². The molecule has 0 saturated heterocycles. The molecule has 1 aromatic heterocycles. The van der Waals surface area contributed by atoms with Gasteiger partial charge in [-0.05, 0) is 57.9 Å². The van der Waals surface area contributed by atoms with Gasteiger partial charge in [0.25, 0.3) is 0 Å². The lowest BCUT2D eigenvalue weighted by atomic mass is 9.81. The zero-order valence-corrected chi connectivity index (χ0v) is 15.5. The van der Waals surface area contributed by atoms with Crippen LogP contribution in [-0.4, -0.2) is 28.9 Å². The van der Waals surface area contributed by atoms with Crippen molar-refractivity contribution in [3.05, 3.63) is 52.8 Å². The Balaban J connectivity index is 2.00. The van der Waals surface area contributed by atoms with E-state index in [4.69, 9.17) is 14.5 Å². The highest BCUT2D eigenvalue weighted by molar-refractivity contribution is 6.16. The van der Waals surface area contributed by atoms with E-state index in [-0.39, 0.29) is 11.1 Å². The molecule has 1 aromatic carbocycles. The van der Waals surface area contributed by atoms with Crippen molar-refractivity contribution >= 4 is 5.71 Å². The van der Waals surface area contributed by atoms with Crippen molar-refractivity contribution in [2.24, 2.45) is 4.99 Å². The van der Waals surface area contributed by atoms with E-state index >= 15 is 0 Å². The molecular formula is C21H24N2O2. The predicted molar refractivity (Wildman–Crippen MR) is 99.1 cm³/mol. The topological polar surface area (TPSA) is 43.7 Å². The van der Waals surface area contributed by atoms with Crippen LogP contribution in [0, 0.1) is 0 Å². The molecule has 130 valence electrons. The number of benzene rings is 1. The number of hydrogen-bond donors (Lipinski definition) is 0. The van der Waals surface area contributed by atoms with Gasteiger partial charge in [-0.2, -0.15) is 0 Å². The van der Waals surface area contributed by atoms with Crippen LogP contribution in [0.1, 0.15) is 49.9 Å². The Bertz CT molecular complexity index is 867. The van der Waals surface area contributed by atoms with Crippen LogP contribution in [-0.2, 0) is 12.8 Å². The first-order chi connectivity index (χ1) is 11.8. The molecule has 25 heavy (non-hydrogen) atoms. The number of pyridine rings is 1. The van der Waals surface area contributed by atoms with E-state index in [1.807, 2.05) is 24.5 Å². The second kappa shape index (κ2) is 5.32. The largest absolute Gasteiger partial charge is 0.493 e. The summed E-state index contributed by atoms with van der Waals surface area (Å²) >= 11 is 0. The Morgan fingerprint density at radius 2 is 1.80 bits per heavy atom. The first-order valence-electron chi connectivity index (χ1n) is 8.72. The van der Waals surface area contributed by atoms with Gasteiger partial charge in [0.05, 0.1) is 18.4 Å². The summed E-state index contributed by atoms with van der Waals surface area (Å²) in [6.07, 6.45) is 5.39. The Hall–Kier alpha value is -2.36. The summed E-state index contributed by atoms with van der Waals surface area (Å²) in [5.41, 5.74) is 5.46. The molecule has 0 amide bonds. The highest BCUT2D eigenvalue weighted by Crippen LogP contribution is 2.47. The third-order valence-corrected chi connectivity index (χ3v) is 4.85. The number of rotatable bonds is 2. The van der Waals surface area contributed by atoms with E-state index < -0.39 is 0 Å². The Morgan fingerprint density at radius 3 is 2.48 bits per heavy atom. The van der Waals surface area contributed by atoms with Crippen LogP contribution in [0.5, 0.6) is 11.5 Å². The average Bonchev–Trinajstić information content (AvgIpc) is 2.88. The zero-order chi connectivity index (χ0) is 17.8. The molecule has 3 heterocycles. The number of nitrogens with zero attached hydrogens (tertiary/aromatic N) is 2. The second-order valence-electron chi connectivity index (χ2n) is 8.14. The molecule has 4 nitrogen and oxygen atoms in total. The maximum atomic E-state index is 6.23. The lowest BCUT2D eigenvalue weighted by molar-refractivity contribution is 0.134. The molecule has 4 heteroatoms. The van der Waals surface area contributed by atoms with E-state index in [1.165, 1.54) is 16.7 Å². The summed E-state index contributed by atoms with van der Waals surface area (Å²) in [4.78, 5) is 9.25. The lowest BCUT2D eigenvalue weighted by Crippen LogP contribution is -2.30. The number of methoxy groups -OCH3 is 1. The Labute approximate surface area is 148 Å². The molecule has 0 aliphatic carbocycles. The van der Waals surface area contributed by atoms with E-state index in [9.17, 15) is 0 Å². The summed E-state index contributed by atoms with van der Waals surface area (Å²) in [6.45, 7) is 8.60. The Kier molecular flexibility index (Phi) is 3.43. The molecule has 0 spiro atoms. The molecular weight excluding hydrogens is 312 g/mol. The summed E-state index contributed by atoms with van der Waals surface area (Å²) in [5, 5.41) is 0. The van der Waals surface area contributed by atoms with Crippen LogP contribution in [0.2, 0.25) is 0 Å². The van der Waals surface area contributed by atoms with Gasteiger partial charge in [0.1, 0.15) is 5.60 Å². The van der Waals surface area contributed by atoms with E-state index in [1.54, 1.807) is 7.11 Å². The van der Waals surface area contributed by atoms with E-state index in [0.717, 1.165) is 35.6 Å². The minimum atomic E-state index is -0.235. The minimum Gasteiger partial charge on any atom is -0.493 e. The molecule has 0 atom stereocenters. The van der Waals surface area contributed by atoms with Crippen LogP contribution in [0.4, 0.5) is 0 Å². The summed E-state index contributed by atoms with van der Waals surface area (Å²) in [7, 11) is 1.71. The molecule has 2 aromatic rings. The van der Waals surface area contributed by atoms with Crippen molar-refractivity contribution in [1.29, 1.82) is 0 Å². The van der Waals surface area contributed by atoms with Gasteiger partial charge in [0.2, 0.25) is 0 Å². The van der Waals surface area contributed by atoms with Crippen molar-refractivity contribution in [3.8, 4) is 11.5 Å². The van der Waals surface area contributed by atoms with E-state index in [2.05, 4.69) is 38.7 Å². The number of aromatic nitrogens is 1. The summed E-state index contributed by atoms with van der Waals surface area (Å²) in [6, 6.07) is 6.19. The fourth-order valence-electron chi connectivity index (χ4n) is 3.94. The van der Waals surface area contributed by atoms with Gasteiger partial charge < -0.3 is 9.47 Å². The van der Waals surface area contributed by atoms with Crippen LogP contribution >= 0.6 is 0 Å². The van der Waals surface area contributed by atoms with Crippen LogP contribution in [0.25, 0.3) is 0 Å². The minimum absolute atomic E-state index is 0.153. The Morgan fingerprint density at radius 1 is 1.08 bits per heavy atom. The van der Waals surface area contributed by atoms with Crippen LogP contribution < -0.4 is 9.47 Å². The quantitative estimate of drug-likeness (QED) is 0.833. The van der Waals surface area contributed by atoms with Gasteiger partial charge in [-0.15, -0.1) is 0 Å². The average molecular weight is 336 g/mol. The highest BCUT2D eigenvalue weighted by atomic mass is 16.5. The van der Waals surface area contributed by atoms with Gasteiger partial charge in [0, 0.05) is 35.5 Å². The van der Waals surface area contributed by atoms with Crippen molar-refractivity contribution in [3.63, 3.8) is 0 Å². The van der Waals surface area contributed by atoms with Gasteiger partial charge in [-0.1, -0.05) is 0 Å². The molecule has 0 radical (unpaired) electrons. The van der Waals surface area contributed by atoms with Crippen molar-refractivity contribution in [2.45, 2.75) is 51.7 Å². The smallest absolute Gasteiger partial charge is 0.166 e. The molecule has 0 unspecified atom stereocenters. The monoisotopic (exact) mass is 336 g/mol. The molecule has 0 bridgehead atoms. The molecule has 4 rings (SSSR count). The van der Waals surface area contributed by atoms with Gasteiger partial charge in [-0.25, -0.2) is 0 Å². The molecule has 2 aliphatic rings. The standard InChI is InChI=1S/C21H24N2O2/c1-20(2)11-14-10-16(24-5)19-15(12-21(3,4)25-19)17(14)18(23-20)13-6-8-22-9-7-13/h6-10H,11-12H2,1-5H3. The molecule has 0 saturated carbocycles. The summed E-state index contributed by atoms with van der Waals surface area (Å²) < 4.78 is 11.9. The molecule has 0 N–H and O–H groups in total. The van der Waals surface area contributed by atoms with Crippen LogP contribution in [0.3, 0.4) is 0 Å². The number of fused-ring (bicyclic) bond motifs is 3.